The molecule has 0 spiro atoms. The molecule has 3 aromatic rings. The van der Waals surface area contributed by atoms with Crippen LogP contribution >= 0.6 is 0 Å². The average molecular weight is 382 g/mol. The SMILES string of the molecule is COc1ccc2ccc(C(=N)N)cc2c1Oc1c(F)c(F)c(F)c(F)c1F. The van der Waals surface area contributed by atoms with Gasteiger partial charge in [-0.1, -0.05) is 18.2 Å². The van der Waals surface area contributed by atoms with Crippen LogP contribution in [0.5, 0.6) is 17.2 Å². The van der Waals surface area contributed by atoms with E-state index in [-0.39, 0.29) is 28.3 Å². The van der Waals surface area contributed by atoms with E-state index in [9.17, 15) is 22.0 Å². The first-order valence-corrected chi connectivity index (χ1v) is 7.40. The highest BCUT2D eigenvalue weighted by Crippen LogP contribution is 2.41. The van der Waals surface area contributed by atoms with E-state index in [1.807, 2.05) is 0 Å². The Morgan fingerprint density at radius 1 is 0.852 bits per heavy atom. The zero-order valence-electron chi connectivity index (χ0n) is 13.7. The fourth-order valence-corrected chi connectivity index (χ4v) is 2.48. The number of nitrogen functional groups attached to an aromatic ring is 1. The van der Waals surface area contributed by atoms with Gasteiger partial charge in [-0.05, 0) is 17.5 Å². The van der Waals surface area contributed by atoms with Crippen molar-refractivity contribution in [3.05, 3.63) is 65.0 Å². The second kappa shape index (κ2) is 6.75. The maximum atomic E-state index is 14.0. The Labute approximate surface area is 149 Å². The first kappa shape index (κ1) is 18.4. The van der Waals surface area contributed by atoms with Crippen LogP contribution in [-0.4, -0.2) is 12.9 Å². The van der Waals surface area contributed by atoms with E-state index in [1.165, 1.54) is 25.3 Å². The Morgan fingerprint density at radius 2 is 1.41 bits per heavy atom. The van der Waals surface area contributed by atoms with Crippen molar-refractivity contribution in [2.45, 2.75) is 0 Å². The van der Waals surface area contributed by atoms with Gasteiger partial charge in [0.25, 0.3) is 0 Å². The van der Waals surface area contributed by atoms with Crippen molar-refractivity contribution in [2.24, 2.45) is 5.73 Å². The maximum Gasteiger partial charge on any atom is 0.207 e. The highest BCUT2D eigenvalue weighted by Gasteiger charge is 2.28. The number of nitrogens with one attached hydrogen (secondary N) is 1. The molecule has 0 atom stereocenters. The van der Waals surface area contributed by atoms with Gasteiger partial charge in [-0.2, -0.15) is 8.78 Å². The summed E-state index contributed by atoms with van der Waals surface area (Å²) >= 11 is 0. The molecule has 0 aliphatic heterocycles. The normalized spacial score (nSPS) is 10.9. The number of methoxy groups -OCH3 is 1. The van der Waals surface area contributed by atoms with E-state index in [2.05, 4.69) is 0 Å². The molecule has 0 unspecified atom stereocenters. The van der Waals surface area contributed by atoms with E-state index in [4.69, 9.17) is 20.6 Å². The van der Waals surface area contributed by atoms with E-state index in [1.54, 1.807) is 12.1 Å². The molecule has 0 aliphatic carbocycles. The molecule has 9 heteroatoms. The molecule has 0 aliphatic rings. The van der Waals surface area contributed by atoms with Gasteiger partial charge in [-0.25, -0.2) is 13.2 Å². The third kappa shape index (κ3) is 3.01. The molecular formula is C18H11F5N2O2. The molecular weight excluding hydrogens is 371 g/mol. The first-order valence-electron chi connectivity index (χ1n) is 7.40. The standard InChI is InChI=1S/C18H11F5N2O2/c1-26-10-5-4-7-2-3-8(18(24)25)6-9(7)16(10)27-17-14(22)12(20)11(19)13(21)15(17)23/h2-6H,1H3,(H3,24,25). The molecule has 3 aromatic carbocycles. The minimum atomic E-state index is -2.29. The predicted octanol–water partition coefficient (Wildman–Crippen LogP) is 4.62. The fraction of sp³-hybridized carbons (Fsp3) is 0.0556. The Bertz CT molecular complexity index is 1060. The maximum absolute atomic E-state index is 14.0. The lowest BCUT2D eigenvalue weighted by molar-refractivity contribution is 0.322. The summed E-state index contributed by atoms with van der Waals surface area (Å²) in [6.07, 6.45) is 0. The van der Waals surface area contributed by atoms with E-state index in [0.717, 1.165) is 0 Å². The lowest BCUT2D eigenvalue weighted by atomic mass is 10.0. The van der Waals surface area contributed by atoms with Crippen molar-refractivity contribution in [1.82, 2.24) is 0 Å². The van der Waals surface area contributed by atoms with E-state index in [0.29, 0.717) is 5.39 Å². The summed E-state index contributed by atoms with van der Waals surface area (Å²) in [5.41, 5.74) is 5.70. The minimum absolute atomic E-state index is 0.0212. The van der Waals surface area contributed by atoms with Gasteiger partial charge in [0.15, 0.2) is 11.5 Å². The van der Waals surface area contributed by atoms with Crippen LogP contribution in [0.15, 0.2) is 30.3 Å². The molecule has 4 nitrogen and oxygen atoms in total. The van der Waals surface area contributed by atoms with Crippen LogP contribution in [0.1, 0.15) is 5.56 Å². The number of benzene rings is 3. The molecule has 27 heavy (non-hydrogen) atoms. The molecule has 0 aromatic heterocycles. The lowest BCUT2D eigenvalue weighted by Crippen LogP contribution is -2.10. The summed E-state index contributed by atoms with van der Waals surface area (Å²) in [6, 6.07) is 7.44. The van der Waals surface area contributed by atoms with Crippen LogP contribution < -0.4 is 15.2 Å². The van der Waals surface area contributed by atoms with Crippen LogP contribution in [-0.2, 0) is 0 Å². The molecule has 0 bridgehead atoms. The smallest absolute Gasteiger partial charge is 0.207 e. The zero-order chi connectivity index (χ0) is 19.9. The summed E-state index contributed by atoms with van der Waals surface area (Å²) < 4.78 is 78.3. The number of amidine groups is 1. The first-order chi connectivity index (χ1) is 12.8. The molecule has 0 heterocycles. The Balaban J connectivity index is 2.29. The molecule has 140 valence electrons. The van der Waals surface area contributed by atoms with Gasteiger partial charge in [0.1, 0.15) is 5.84 Å². The minimum Gasteiger partial charge on any atom is -0.493 e. The second-order valence-corrected chi connectivity index (χ2v) is 5.45. The van der Waals surface area contributed by atoms with Gasteiger partial charge in [0, 0.05) is 10.9 Å². The monoisotopic (exact) mass is 382 g/mol. The number of ether oxygens (including phenoxy) is 2. The summed E-state index contributed by atoms with van der Waals surface area (Å²) in [6.45, 7) is 0. The highest BCUT2D eigenvalue weighted by molar-refractivity contribution is 6.01. The molecule has 0 fully saturated rings. The number of nitrogens with two attached hydrogens (primary N) is 1. The van der Waals surface area contributed by atoms with Gasteiger partial charge < -0.3 is 15.2 Å². The number of fused-ring (bicyclic) bond motifs is 1. The van der Waals surface area contributed by atoms with Crippen LogP contribution in [0.3, 0.4) is 0 Å². The summed E-state index contributed by atoms with van der Waals surface area (Å²) in [5.74, 6) is -12.9. The molecule has 0 saturated heterocycles. The number of halogens is 5. The van der Waals surface area contributed by atoms with Crippen LogP contribution in [0, 0.1) is 34.5 Å². The topological polar surface area (TPSA) is 68.3 Å². The van der Waals surface area contributed by atoms with Gasteiger partial charge in [-0.15, -0.1) is 0 Å². The number of rotatable bonds is 4. The summed E-state index contributed by atoms with van der Waals surface area (Å²) in [7, 11) is 1.24. The van der Waals surface area contributed by atoms with Crippen molar-refractivity contribution in [3.8, 4) is 17.2 Å². The van der Waals surface area contributed by atoms with Crippen molar-refractivity contribution >= 4 is 16.6 Å². The molecule has 0 amide bonds. The van der Waals surface area contributed by atoms with E-state index < -0.39 is 34.8 Å². The fourth-order valence-electron chi connectivity index (χ4n) is 2.48. The van der Waals surface area contributed by atoms with Gasteiger partial charge in [-0.3, -0.25) is 5.41 Å². The molecule has 3 rings (SSSR count). The van der Waals surface area contributed by atoms with Crippen LogP contribution in [0.4, 0.5) is 22.0 Å². The van der Waals surface area contributed by atoms with Gasteiger partial charge >= 0.3 is 0 Å². The van der Waals surface area contributed by atoms with E-state index >= 15 is 0 Å². The van der Waals surface area contributed by atoms with Crippen molar-refractivity contribution in [3.63, 3.8) is 0 Å². The zero-order valence-corrected chi connectivity index (χ0v) is 13.7. The third-order valence-electron chi connectivity index (χ3n) is 3.84. The van der Waals surface area contributed by atoms with Crippen molar-refractivity contribution in [1.29, 1.82) is 5.41 Å². The predicted molar refractivity (Wildman–Crippen MR) is 87.8 cm³/mol. The van der Waals surface area contributed by atoms with Gasteiger partial charge in [0.2, 0.25) is 34.8 Å². The van der Waals surface area contributed by atoms with Crippen LogP contribution in [0.25, 0.3) is 10.8 Å². The van der Waals surface area contributed by atoms with Crippen molar-refractivity contribution < 1.29 is 31.4 Å². The van der Waals surface area contributed by atoms with Gasteiger partial charge in [0.05, 0.1) is 7.11 Å². The molecule has 0 radical (unpaired) electrons. The third-order valence-corrected chi connectivity index (χ3v) is 3.84. The quantitative estimate of drug-likeness (QED) is 0.227. The molecule has 0 saturated carbocycles. The summed E-state index contributed by atoms with van der Waals surface area (Å²) in [5, 5.41) is 8.19. The summed E-state index contributed by atoms with van der Waals surface area (Å²) in [4.78, 5) is 0. The van der Waals surface area contributed by atoms with Crippen LogP contribution in [0.2, 0.25) is 0 Å². The Morgan fingerprint density at radius 3 is 1.96 bits per heavy atom. The number of hydrogen-bond acceptors (Lipinski definition) is 3. The Hall–Kier alpha value is -3.36. The second-order valence-electron chi connectivity index (χ2n) is 5.45. The highest BCUT2D eigenvalue weighted by atomic mass is 19.2. The largest absolute Gasteiger partial charge is 0.493 e. The lowest BCUT2D eigenvalue weighted by Gasteiger charge is -2.15. The Kier molecular flexibility index (Phi) is 4.61. The van der Waals surface area contributed by atoms with Crippen molar-refractivity contribution in [2.75, 3.05) is 7.11 Å². The number of hydrogen-bond donors (Lipinski definition) is 2. The molecule has 3 N–H and O–H groups in total. The average Bonchev–Trinajstić information content (AvgIpc) is 2.67.